The molecule has 0 spiro atoms. The van der Waals surface area contributed by atoms with Crippen LogP contribution in [0.15, 0.2) is 12.2 Å². The molecule has 0 saturated carbocycles. The summed E-state index contributed by atoms with van der Waals surface area (Å²) in [6.07, 6.45) is 37.8. The van der Waals surface area contributed by atoms with Crippen molar-refractivity contribution < 1.29 is 32.9 Å². The number of nitrogens with zero attached hydrogens (tertiary/aromatic N) is 1. The second-order valence-electron chi connectivity index (χ2n) is 16.1. The summed E-state index contributed by atoms with van der Waals surface area (Å²) in [5, 5.41) is 13.9. The van der Waals surface area contributed by atoms with Crippen molar-refractivity contribution in [2.45, 2.75) is 212 Å². The lowest BCUT2D eigenvalue weighted by Gasteiger charge is -2.30. The molecule has 0 rings (SSSR count). The molecule has 0 aliphatic carbocycles. The molecule has 3 atom stereocenters. The summed E-state index contributed by atoms with van der Waals surface area (Å²) >= 11 is 0. The molecule has 0 aromatic carbocycles. The predicted molar refractivity (Wildman–Crippen MR) is 215 cm³/mol. The van der Waals surface area contributed by atoms with Gasteiger partial charge in [-0.05, 0) is 38.5 Å². The van der Waals surface area contributed by atoms with Crippen LogP contribution in [-0.4, -0.2) is 68.5 Å². The Balaban J connectivity index is 4.42. The van der Waals surface area contributed by atoms with Gasteiger partial charge in [-0.3, -0.25) is 9.36 Å². The lowest BCUT2D eigenvalue weighted by Crippen LogP contribution is -2.46. The minimum atomic E-state index is -4.56. The first-order valence-corrected chi connectivity index (χ1v) is 23.0. The Hall–Kier alpha value is -0.760. The number of unbranched alkanes of at least 4 members (excludes halogenated alkanes) is 24. The molecule has 0 aliphatic heterocycles. The van der Waals surface area contributed by atoms with Gasteiger partial charge in [-0.15, -0.1) is 0 Å². The fourth-order valence-electron chi connectivity index (χ4n) is 6.27. The third-order valence-electron chi connectivity index (χ3n) is 9.75. The summed E-state index contributed by atoms with van der Waals surface area (Å²) in [5.74, 6) is -0.173. The summed E-state index contributed by atoms with van der Waals surface area (Å²) < 4.78 is 23.2. The van der Waals surface area contributed by atoms with Crippen LogP contribution in [0.1, 0.15) is 200 Å². The Morgan fingerprint density at radius 1 is 0.667 bits per heavy atom. The highest BCUT2D eigenvalue weighted by Gasteiger charge is 2.24. The van der Waals surface area contributed by atoms with Gasteiger partial charge in [0.1, 0.15) is 13.2 Å². The molecule has 1 amide bonds. The second-order valence-corrected chi connectivity index (χ2v) is 17.5. The van der Waals surface area contributed by atoms with Crippen molar-refractivity contribution in [1.29, 1.82) is 0 Å². The maximum Gasteiger partial charge on any atom is 0.268 e. The Morgan fingerprint density at radius 3 is 1.53 bits per heavy atom. The highest BCUT2D eigenvalue weighted by molar-refractivity contribution is 7.45. The predicted octanol–water partition coefficient (Wildman–Crippen LogP) is 10.9. The second kappa shape index (κ2) is 35.0. The Bertz CT molecular complexity index is 850. The lowest BCUT2D eigenvalue weighted by atomic mass is 10.0. The number of allylic oxidation sites excluding steroid dienone is 2. The molecule has 9 heteroatoms. The minimum Gasteiger partial charge on any atom is -0.756 e. The van der Waals surface area contributed by atoms with Crippen LogP contribution in [0.5, 0.6) is 0 Å². The molecule has 0 aromatic heterocycles. The van der Waals surface area contributed by atoms with Gasteiger partial charge in [0, 0.05) is 6.42 Å². The molecule has 0 saturated heterocycles. The van der Waals surface area contributed by atoms with E-state index < -0.39 is 20.0 Å². The average Bonchev–Trinajstić information content (AvgIpc) is 3.07. The number of phosphoric ester groups is 1. The molecular formula is C42H85N2O6P. The van der Waals surface area contributed by atoms with Crippen molar-refractivity contribution in [3.8, 4) is 0 Å². The smallest absolute Gasteiger partial charge is 0.268 e. The van der Waals surface area contributed by atoms with Crippen molar-refractivity contribution >= 4 is 13.7 Å². The molecule has 0 bridgehead atoms. The summed E-state index contributed by atoms with van der Waals surface area (Å²) in [4.78, 5) is 25.3. The number of hydrogen-bond donors (Lipinski definition) is 2. The quantitative estimate of drug-likeness (QED) is 0.0281. The van der Waals surface area contributed by atoms with Crippen LogP contribution in [0, 0.1) is 0 Å². The number of quaternary nitrogens is 1. The number of rotatable bonds is 39. The molecule has 0 radical (unpaired) electrons. The first kappa shape index (κ1) is 50.2. The number of phosphoric acid groups is 1. The molecule has 8 nitrogen and oxygen atoms in total. The summed E-state index contributed by atoms with van der Waals surface area (Å²) in [6.45, 7) is 4.70. The molecule has 2 N–H and O–H groups in total. The van der Waals surface area contributed by atoms with Crippen LogP contribution in [0.4, 0.5) is 0 Å². The van der Waals surface area contributed by atoms with Crippen molar-refractivity contribution in [3.05, 3.63) is 12.2 Å². The summed E-state index contributed by atoms with van der Waals surface area (Å²) in [7, 11) is 1.29. The van der Waals surface area contributed by atoms with Crippen molar-refractivity contribution in [2.24, 2.45) is 0 Å². The SMILES string of the molecule is CCCCCCCCCCC/C=C/CCCC[C@@H](O)[C@H](COP(=O)([O-])OCC[N+](C)(C)C)NC(=O)CCCCCCCCCCCCCCCC. The maximum absolute atomic E-state index is 12.8. The summed E-state index contributed by atoms with van der Waals surface area (Å²) in [5.41, 5.74) is 0. The van der Waals surface area contributed by atoms with Crippen LogP contribution in [0.25, 0.3) is 0 Å². The molecule has 0 fully saturated rings. The van der Waals surface area contributed by atoms with Gasteiger partial charge in [0.25, 0.3) is 7.82 Å². The molecule has 0 aliphatic rings. The van der Waals surface area contributed by atoms with Crippen molar-refractivity contribution in [1.82, 2.24) is 5.32 Å². The highest BCUT2D eigenvalue weighted by atomic mass is 31.2. The lowest BCUT2D eigenvalue weighted by molar-refractivity contribution is -0.870. The van der Waals surface area contributed by atoms with Crippen LogP contribution < -0.4 is 10.2 Å². The standard InChI is InChI=1S/C42H85N2O6P/c1-6-8-10-12-14-16-18-20-22-23-25-27-29-31-33-35-41(45)40(39-50-51(47,48)49-38-37-44(3,4)5)43-42(46)36-34-32-30-28-26-24-21-19-17-15-13-11-9-7-2/h25,27,40-41,45H,6-24,26,28-39H2,1-5H3,(H-,43,46,47,48)/b27-25+/t40-,41+/m0/s1. The topological polar surface area (TPSA) is 108 Å². The monoisotopic (exact) mass is 745 g/mol. The number of nitrogens with one attached hydrogen (secondary N) is 1. The summed E-state index contributed by atoms with van der Waals surface area (Å²) in [6, 6.07) is -0.810. The zero-order valence-corrected chi connectivity index (χ0v) is 35.2. The van der Waals surface area contributed by atoms with Gasteiger partial charge in [0.05, 0.1) is 39.9 Å². The highest BCUT2D eigenvalue weighted by Crippen LogP contribution is 2.38. The number of aliphatic hydroxyl groups is 1. The number of carbonyl (C=O) groups excluding carboxylic acids is 1. The van der Waals surface area contributed by atoms with Gasteiger partial charge in [0.2, 0.25) is 5.91 Å². The number of amides is 1. The number of carbonyl (C=O) groups is 1. The Labute approximate surface area is 316 Å². The zero-order valence-electron chi connectivity index (χ0n) is 34.3. The van der Waals surface area contributed by atoms with E-state index in [1.807, 2.05) is 21.1 Å². The number of hydrogen-bond acceptors (Lipinski definition) is 6. The Morgan fingerprint density at radius 2 is 1.08 bits per heavy atom. The first-order valence-electron chi connectivity index (χ1n) is 21.5. The van der Waals surface area contributed by atoms with E-state index in [1.54, 1.807) is 0 Å². The molecule has 1 unspecified atom stereocenters. The van der Waals surface area contributed by atoms with Crippen LogP contribution in [-0.2, 0) is 18.4 Å². The average molecular weight is 745 g/mol. The van der Waals surface area contributed by atoms with Crippen LogP contribution in [0.3, 0.4) is 0 Å². The maximum atomic E-state index is 12.8. The molecule has 304 valence electrons. The van der Waals surface area contributed by atoms with Gasteiger partial charge in [-0.1, -0.05) is 167 Å². The van der Waals surface area contributed by atoms with Crippen molar-refractivity contribution in [2.75, 3.05) is 40.9 Å². The Kier molecular flexibility index (Phi) is 34.5. The molecule has 51 heavy (non-hydrogen) atoms. The number of aliphatic hydroxyl groups excluding tert-OH is 1. The normalized spacial score (nSPS) is 14.6. The first-order chi connectivity index (χ1) is 24.5. The van der Waals surface area contributed by atoms with Crippen LogP contribution >= 0.6 is 7.82 Å². The fourth-order valence-corrected chi connectivity index (χ4v) is 6.99. The van der Waals surface area contributed by atoms with E-state index in [0.717, 1.165) is 44.9 Å². The third-order valence-corrected chi connectivity index (χ3v) is 10.7. The van der Waals surface area contributed by atoms with Gasteiger partial charge in [-0.2, -0.15) is 0 Å². The van der Waals surface area contributed by atoms with Gasteiger partial charge in [-0.25, -0.2) is 0 Å². The van der Waals surface area contributed by atoms with Crippen molar-refractivity contribution in [3.63, 3.8) is 0 Å². The molecule has 0 aromatic rings. The van der Waals surface area contributed by atoms with E-state index in [4.69, 9.17) is 9.05 Å². The van der Waals surface area contributed by atoms with E-state index in [-0.39, 0.29) is 19.1 Å². The van der Waals surface area contributed by atoms with E-state index in [9.17, 15) is 19.4 Å². The van der Waals surface area contributed by atoms with Crippen LogP contribution in [0.2, 0.25) is 0 Å². The van der Waals surface area contributed by atoms with Gasteiger partial charge < -0.3 is 28.8 Å². The van der Waals surface area contributed by atoms with E-state index in [0.29, 0.717) is 23.9 Å². The largest absolute Gasteiger partial charge is 0.756 e. The number of likely N-dealkylation sites (N-methyl/N-ethyl adjacent to an activating group) is 1. The van der Waals surface area contributed by atoms with Gasteiger partial charge >= 0.3 is 0 Å². The minimum absolute atomic E-state index is 0.00955. The van der Waals surface area contributed by atoms with E-state index >= 15 is 0 Å². The molecular weight excluding hydrogens is 659 g/mol. The molecule has 0 heterocycles. The van der Waals surface area contributed by atoms with Gasteiger partial charge in [0.15, 0.2) is 0 Å². The van der Waals surface area contributed by atoms with E-state index in [1.165, 1.54) is 128 Å². The zero-order chi connectivity index (χ0) is 37.9. The van der Waals surface area contributed by atoms with E-state index in [2.05, 4.69) is 31.3 Å². The fraction of sp³-hybridized carbons (Fsp3) is 0.929. The third kappa shape index (κ3) is 37.4.